The van der Waals surface area contributed by atoms with Crippen LogP contribution in [0.2, 0.25) is 0 Å². The summed E-state index contributed by atoms with van der Waals surface area (Å²) in [5.74, 6) is -2.87. The van der Waals surface area contributed by atoms with Gasteiger partial charge in [0.05, 0.1) is 18.8 Å². The Kier molecular flexibility index (Phi) is 14.2. The monoisotopic (exact) mass is 803 g/mol. The molecular formula is C39H61N7O9S. The number of carbonyl (C=O) groups is 6. The highest BCUT2D eigenvalue weighted by atomic mass is 32.2. The third-order valence-corrected chi connectivity index (χ3v) is 11.9. The van der Waals surface area contributed by atoms with Crippen LogP contribution in [0, 0.1) is 10.8 Å². The van der Waals surface area contributed by atoms with E-state index in [9.17, 15) is 37.2 Å². The number of nitrogens with zero attached hydrogens (tertiary/aromatic N) is 3. The predicted molar refractivity (Wildman–Crippen MR) is 210 cm³/mol. The molecule has 1 aromatic rings. The van der Waals surface area contributed by atoms with E-state index in [1.807, 2.05) is 52.0 Å². The van der Waals surface area contributed by atoms with Crippen LogP contribution < -0.4 is 21.3 Å². The molecule has 5 atom stereocenters. The van der Waals surface area contributed by atoms with Crippen LogP contribution in [0.4, 0.5) is 9.59 Å². The normalized spacial score (nSPS) is 20.3. The number of amides is 6. The summed E-state index contributed by atoms with van der Waals surface area (Å²) in [6, 6.07) is 2.85. The first-order valence-electron chi connectivity index (χ1n) is 19.5. The van der Waals surface area contributed by atoms with E-state index >= 15 is 0 Å². The minimum absolute atomic E-state index is 0.0236. The molecule has 1 aromatic carbocycles. The molecule has 0 bridgehead atoms. The Morgan fingerprint density at radius 1 is 0.946 bits per heavy atom. The first-order valence-corrected chi connectivity index (χ1v) is 21.3. The summed E-state index contributed by atoms with van der Waals surface area (Å²) in [5.41, 5.74) is 0.676. The van der Waals surface area contributed by atoms with Gasteiger partial charge in [-0.3, -0.25) is 19.2 Å². The second kappa shape index (κ2) is 17.9. The van der Waals surface area contributed by atoms with Crippen LogP contribution in [0.5, 0.6) is 0 Å². The number of likely N-dealkylation sites (tertiary alicyclic amines) is 1. The van der Waals surface area contributed by atoms with Gasteiger partial charge in [-0.05, 0) is 47.6 Å². The average Bonchev–Trinajstić information content (AvgIpc) is 3.82. The standard InChI is InChI=1S/C39H61N7O9S/c1-10-13-28(31(47)34(49)40-26-16-17-26)41-33(48)29-20-27(55-37(52)45-19-18-24-14-11-12-15-25(24)21-45)22-46(29)35(50)32(39(5,6)7)43-36(51)42-30(38(2,3)4)23-44(8)56(9,53)54/h11-12,14-15,26-30,32H,10,13,16-23H2,1-9H3,(H,40,49)(H,41,48)(H2,42,43,51). The van der Waals surface area contributed by atoms with Crippen LogP contribution in [0.15, 0.2) is 24.3 Å². The number of likely N-dealkylation sites (N-methyl/N-ethyl adjacent to an activating group) is 1. The van der Waals surface area contributed by atoms with Crippen LogP contribution in [-0.2, 0) is 46.9 Å². The van der Waals surface area contributed by atoms with Gasteiger partial charge in [-0.15, -0.1) is 0 Å². The van der Waals surface area contributed by atoms with E-state index in [2.05, 4.69) is 21.3 Å². The summed E-state index contributed by atoms with van der Waals surface area (Å²) in [5, 5.41) is 11.0. The van der Waals surface area contributed by atoms with Crippen LogP contribution in [0.1, 0.15) is 91.7 Å². The molecule has 2 heterocycles. The molecule has 0 radical (unpaired) electrons. The number of ketones is 1. The van der Waals surface area contributed by atoms with Crippen molar-refractivity contribution in [2.75, 3.05) is 32.9 Å². The van der Waals surface area contributed by atoms with Crippen molar-refractivity contribution in [3.8, 4) is 0 Å². The lowest BCUT2D eigenvalue weighted by Crippen LogP contribution is -2.62. The lowest BCUT2D eigenvalue weighted by atomic mass is 9.85. The van der Waals surface area contributed by atoms with Crippen LogP contribution >= 0.6 is 0 Å². The van der Waals surface area contributed by atoms with Gasteiger partial charge in [0.1, 0.15) is 18.2 Å². The summed E-state index contributed by atoms with van der Waals surface area (Å²) < 4.78 is 31.5. The van der Waals surface area contributed by atoms with Gasteiger partial charge in [0.2, 0.25) is 27.6 Å². The number of urea groups is 1. The summed E-state index contributed by atoms with van der Waals surface area (Å²) >= 11 is 0. The maximum Gasteiger partial charge on any atom is 0.410 e. The van der Waals surface area contributed by atoms with Crippen molar-refractivity contribution in [1.29, 1.82) is 0 Å². The number of ether oxygens (including phenoxy) is 1. The van der Waals surface area contributed by atoms with Gasteiger partial charge in [0, 0.05) is 45.2 Å². The number of hydrogen-bond donors (Lipinski definition) is 4. The van der Waals surface area contributed by atoms with Gasteiger partial charge in [0.15, 0.2) is 0 Å². The zero-order valence-corrected chi connectivity index (χ0v) is 35.1. The average molecular weight is 804 g/mol. The number of sulfonamides is 1. The van der Waals surface area contributed by atoms with E-state index in [0.717, 1.165) is 34.5 Å². The Bertz CT molecular complexity index is 1750. The van der Waals surface area contributed by atoms with Crippen molar-refractivity contribution < 1.29 is 41.9 Å². The lowest BCUT2D eigenvalue weighted by Gasteiger charge is -2.37. The molecule has 56 heavy (non-hydrogen) atoms. The van der Waals surface area contributed by atoms with Gasteiger partial charge >= 0.3 is 12.1 Å². The Morgan fingerprint density at radius 2 is 1.59 bits per heavy atom. The zero-order valence-electron chi connectivity index (χ0n) is 34.3. The highest BCUT2D eigenvalue weighted by Gasteiger charge is 2.47. The largest absolute Gasteiger partial charge is 0.444 e. The molecule has 17 heteroatoms. The zero-order chi connectivity index (χ0) is 41.7. The molecule has 2 fully saturated rings. The molecule has 5 unspecified atom stereocenters. The van der Waals surface area contributed by atoms with Crippen molar-refractivity contribution in [2.45, 2.75) is 130 Å². The fourth-order valence-corrected chi connectivity index (χ4v) is 7.21. The third-order valence-electron chi connectivity index (χ3n) is 10.6. The van der Waals surface area contributed by atoms with Gasteiger partial charge in [-0.25, -0.2) is 22.3 Å². The van der Waals surface area contributed by atoms with Gasteiger partial charge in [0.25, 0.3) is 5.91 Å². The van der Waals surface area contributed by atoms with E-state index in [-0.39, 0.29) is 32.0 Å². The Hall–Kier alpha value is -4.25. The van der Waals surface area contributed by atoms with Crippen molar-refractivity contribution in [3.63, 3.8) is 0 Å². The summed E-state index contributed by atoms with van der Waals surface area (Å²) in [7, 11) is -2.14. The van der Waals surface area contributed by atoms with Crippen molar-refractivity contribution in [2.24, 2.45) is 10.8 Å². The number of fused-ring (bicyclic) bond motifs is 1. The topological polar surface area (TPSA) is 204 Å². The summed E-state index contributed by atoms with van der Waals surface area (Å²) in [6.07, 6.45) is 2.38. The highest BCUT2D eigenvalue weighted by molar-refractivity contribution is 7.88. The highest BCUT2D eigenvalue weighted by Crippen LogP contribution is 2.29. The van der Waals surface area contributed by atoms with E-state index in [1.54, 1.807) is 25.7 Å². The third kappa shape index (κ3) is 11.9. The molecule has 3 aliphatic rings. The van der Waals surface area contributed by atoms with E-state index < -0.39 is 86.8 Å². The van der Waals surface area contributed by atoms with Crippen molar-refractivity contribution in [3.05, 3.63) is 35.4 Å². The molecule has 2 aliphatic heterocycles. The maximum atomic E-state index is 14.6. The van der Waals surface area contributed by atoms with Crippen LogP contribution in [0.25, 0.3) is 0 Å². The van der Waals surface area contributed by atoms with Crippen LogP contribution in [-0.4, -0.2) is 127 Å². The van der Waals surface area contributed by atoms with E-state index in [4.69, 9.17) is 4.74 Å². The number of nitrogens with one attached hydrogen (secondary N) is 4. The summed E-state index contributed by atoms with van der Waals surface area (Å²) in [4.78, 5) is 84.6. The molecule has 1 saturated carbocycles. The number of hydrogen-bond acceptors (Lipinski definition) is 9. The molecule has 4 N–H and O–H groups in total. The van der Waals surface area contributed by atoms with Crippen molar-refractivity contribution >= 4 is 45.7 Å². The lowest BCUT2D eigenvalue weighted by molar-refractivity contribution is -0.144. The molecule has 312 valence electrons. The second-order valence-electron chi connectivity index (χ2n) is 17.5. The molecule has 16 nitrogen and oxygen atoms in total. The van der Waals surface area contributed by atoms with Gasteiger partial charge in [-0.2, -0.15) is 0 Å². The fourth-order valence-electron chi connectivity index (χ4n) is 6.79. The Balaban J connectivity index is 1.57. The van der Waals surface area contributed by atoms with Gasteiger partial charge in [-0.1, -0.05) is 79.2 Å². The molecule has 0 spiro atoms. The van der Waals surface area contributed by atoms with Crippen LogP contribution in [0.3, 0.4) is 0 Å². The predicted octanol–water partition coefficient (Wildman–Crippen LogP) is 2.30. The molecule has 4 rings (SSSR count). The number of rotatable bonds is 14. The van der Waals surface area contributed by atoms with Gasteiger partial charge < -0.3 is 35.8 Å². The summed E-state index contributed by atoms with van der Waals surface area (Å²) in [6.45, 7) is 13.2. The minimum atomic E-state index is -3.56. The first kappa shape index (κ1) is 44.5. The first-order chi connectivity index (χ1) is 26.0. The Morgan fingerprint density at radius 3 is 2.16 bits per heavy atom. The maximum absolute atomic E-state index is 14.6. The number of Topliss-reactive ketones (excluding diaryl/α,β-unsaturated/α-hetero) is 1. The second-order valence-corrected chi connectivity index (χ2v) is 19.6. The number of benzene rings is 1. The Labute approximate surface area is 331 Å². The minimum Gasteiger partial charge on any atom is -0.444 e. The van der Waals surface area contributed by atoms with E-state index in [1.165, 1.54) is 11.9 Å². The van der Waals surface area contributed by atoms with Crippen molar-refractivity contribution in [1.82, 2.24) is 35.4 Å². The smallest absolute Gasteiger partial charge is 0.410 e. The SMILES string of the molecule is CCCC(NC(=O)C1CC(OC(=O)N2CCc3ccccc3C2)CN1C(=O)C(NC(=O)NC(CN(C)S(C)(=O)=O)C(C)(C)C)C(C)(C)C)C(=O)C(=O)NC1CC1. The molecule has 0 aromatic heterocycles. The quantitative estimate of drug-likeness (QED) is 0.204. The molecule has 6 amide bonds. The molecule has 1 aliphatic carbocycles. The van der Waals surface area contributed by atoms with E-state index in [0.29, 0.717) is 25.9 Å². The fraction of sp³-hybridized carbons (Fsp3) is 0.692. The molecular weight excluding hydrogens is 743 g/mol. The number of carbonyl (C=O) groups excluding carboxylic acids is 6. The molecule has 1 saturated heterocycles.